The van der Waals surface area contributed by atoms with Gasteiger partial charge >= 0.3 is 5.69 Å². The lowest BCUT2D eigenvalue weighted by atomic mass is 10.2. The molecule has 0 aliphatic carbocycles. The highest BCUT2D eigenvalue weighted by Gasteiger charge is 2.27. The summed E-state index contributed by atoms with van der Waals surface area (Å²) in [6, 6.07) is 4.36. The zero-order valence-corrected chi connectivity index (χ0v) is 13.4. The number of fused-ring (bicyclic) bond motifs is 1. The number of aryl methyl sites for hydroxylation is 1. The van der Waals surface area contributed by atoms with Crippen molar-refractivity contribution in [3.8, 4) is 11.5 Å². The molecule has 1 aromatic carbocycles. The number of benzene rings is 1. The van der Waals surface area contributed by atoms with Gasteiger partial charge in [0.1, 0.15) is 17.4 Å². The Hall–Kier alpha value is -3.10. The normalized spacial score (nSPS) is 13.6. The largest absolute Gasteiger partial charge is 0.454 e. The van der Waals surface area contributed by atoms with E-state index in [1.54, 1.807) is 39.0 Å². The van der Waals surface area contributed by atoms with E-state index in [-0.39, 0.29) is 24.1 Å². The van der Waals surface area contributed by atoms with Gasteiger partial charge in [0.2, 0.25) is 12.7 Å². The fourth-order valence-electron chi connectivity index (χ4n) is 2.63. The fraction of sp³-hybridized carbons (Fsp3) is 0.333. The molecule has 0 saturated carbocycles. The average molecular weight is 332 g/mol. The van der Waals surface area contributed by atoms with Gasteiger partial charge in [-0.1, -0.05) is 0 Å². The van der Waals surface area contributed by atoms with Crippen LogP contribution in [0.15, 0.2) is 18.2 Å². The van der Waals surface area contributed by atoms with Crippen molar-refractivity contribution in [1.82, 2.24) is 9.78 Å². The first-order valence-corrected chi connectivity index (χ1v) is 7.29. The van der Waals surface area contributed by atoms with Crippen LogP contribution in [0.5, 0.6) is 11.5 Å². The van der Waals surface area contributed by atoms with Crippen LogP contribution in [0, 0.1) is 24.0 Å². The minimum atomic E-state index is -0.706. The topological polar surface area (TPSA) is 109 Å². The third-order valence-electron chi connectivity index (χ3n) is 3.86. The maximum atomic E-state index is 12.4. The van der Waals surface area contributed by atoms with E-state index >= 15 is 0 Å². The van der Waals surface area contributed by atoms with E-state index < -0.39 is 11.0 Å². The molecule has 126 valence electrons. The number of nitrogens with one attached hydrogen (secondary N) is 1. The third-order valence-corrected chi connectivity index (χ3v) is 3.86. The number of anilines is 1. The van der Waals surface area contributed by atoms with Gasteiger partial charge in [-0.2, -0.15) is 5.10 Å². The summed E-state index contributed by atoms with van der Waals surface area (Å²) >= 11 is 0. The van der Waals surface area contributed by atoms with Gasteiger partial charge in [0, 0.05) is 11.8 Å². The predicted molar refractivity (Wildman–Crippen MR) is 84.3 cm³/mol. The molecule has 2 aromatic rings. The minimum absolute atomic E-state index is 0.0715. The first-order chi connectivity index (χ1) is 11.4. The lowest BCUT2D eigenvalue weighted by Crippen LogP contribution is -2.25. The molecule has 1 atom stereocenters. The van der Waals surface area contributed by atoms with Gasteiger partial charge in [-0.15, -0.1) is 0 Å². The van der Waals surface area contributed by atoms with Crippen LogP contribution in [0.4, 0.5) is 11.4 Å². The highest BCUT2D eigenvalue weighted by molar-refractivity contribution is 5.93. The SMILES string of the molecule is Cc1nn(C(C)C(=O)Nc2ccc3c(c2)OCO3)c(C)c1[N+](=O)[O-]. The van der Waals surface area contributed by atoms with E-state index in [2.05, 4.69) is 10.4 Å². The summed E-state index contributed by atoms with van der Waals surface area (Å²) in [5, 5.41) is 17.9. The molecule has 9 nitrogen and oxygen atoms in total. The zero-order valence-electron chi connectivity index (χ0n) is 13.4. The second-order valence-electron chi connectivity index (χ2n) is 5.45. The van der Waals surface area contributed by atoms with E-state index in [9.17, 15) is 14.9 Å². The summed E-state index contributed by atoms with van der Waals surface area (Å²) in [6.45, 7) is 4.90. The summed E-state index contributed by atoms with van der Waals surface area (Å²) in [5.41, 5.74) is 1.09. The van der Waals surface area contributed by atoms with Crippen molar-refractivity contribution in [2.75, 3.05) is 12.1 Å². The number of hydrogen-bond donors (Lipinski definition) is 1. The average Bonchev–Trinajstić information content (AvgIpc) is 3.10. The molecule has 0 bridgehead atoms. The second-order valence-corrected chi connectivity index (χ2v) is 5.45. The third kappa shape index (κ3) is 2.64. The summed E-state index contributed by atoms with van der Waals surface area (Å²) < 4.78 is 11.8. The quantitative estimate of drug-likeness (QED) is 0.680. The molecule has 0 saturated heterocycles. The van der Waals surface area contributed by atoms with Crippen molar-refractivity contribution < 1.29 is 19.2 Å². The van der Waals surface area contributed by atoms with Crippen molar-refractivity contribution in [1.29, 1.82) is 0 Å². The van der Waals surface area contributed by atoms with Crippen LogP contribution in [0.3, 0.4) is 0 Å². The molecular formula is C15H16N4O5. The van der Waals surface area contributed by atoms with Crippen LogP contribution in [-0.4, -0.2) is 27.4 Å². The first-order valence-electron chi connectivity index (χ1n) is 7.29. The van der Waals surface area contributed by atoms with Crippen LogP contribution in [-0.2, 0) is 4.79 Å². The lowest BCUT2D eigenvalue weighted by Gasteiger charge is -2.14. The monoisotopic (exact) mass is 332 g/mol. The van der Waals surface area contributed by atoms with Crippen LogP contribution in [0.25, 0.3) is 0 Å². The van der Waals surface area contributed by atoms with Gasteiger partial charge in [-0.3, -0.25) is 19.6 Å². The molecule has 1 N–H and O–H groups in total. The standard InChI is InChI=1S/C15H16N4O5/c1-8-14(19(21)22)9(2)18(17-8)10(3)15(20)16-11-4-5-12-13(6-11)24-7-23-12/h4-6,10H,7H2,1-3H3,(H,16,20). The molecule has 1 amide bonds. The molecule has 1 unspecified atom stereocenters. The maximum absolute atomic E-state index is 12.4. The Morgan fingerprint density at radius 3 is 2.75 bits per heavy atom. The van der Waals surface area contributed by atoms with Crippen LogP contribution in [0.1, 0.15) is 24.4 Å². The predicted octanol–water partition coefficient (Wildman–Crippen LogP) is 2.34. The van der Waals surface area contributed by atoms with Crippen LogP contribution in [0.2, 0.25) is 0 Å². The molecule has 1 aliphatic heterocycles. The van der Waals surface area contributed by atoms with Crippen molar-refractivity contribution in [2.45, 2.75) is 26.8 Å². The fourth-order valence-corrected chi connectivity index (χ4v) is 2.63. The number of nitrogens with zero attached hydrogens (tertiary/aromatic N) is 3. The second kappa shape index (κ2) is 5.84. The first kappa shape index (κ1) is 15.8. The molecule has 24 heavy (non-hydrogen) atoms. The van der Waals surface area contributed by atoms with Crippen molar-refractivity contribution >= 4 is 17.3 Å². The van der Waals surface area contributed by atoms with E-state index in [0.717, 1.165) is 0 Å². The number of carbonyl (C=O) groups excluding carboxylic acids is 1. The number of ether oxygens (including phenoxy) is 2. The van der Waals surface area contributed by atoms with Gasteiger partial charge in [0.05, 0.1) is 4.92 Å². The van der Waals surface area contributed by atoms with E-state index in [1.165, 1.54) is 4.68 Å². The Kier molecular flexibility index (Phi) is 3.84. The number of amides is 1. The highest BCUT2D eigenvalue weighted by atomic mass is 16.7. The van der Waals surface area contributed by atoms with E-state index in [4.69, 9.17) is 9.47 Å². The van der Waals surface area contributed by atoms with Gasteiger partial charge in [0.25, 0.3) is 0 Å². The molecule has 0 fully saturated rings. The van der Waals surface area contributed by atoms with Crippen molar-refractivity contribution in [3.05, 3.63) is 39.7 Å². The van der Waals surface area contributed by atoms with Gasteiger partial charge in [-0.05, 0) is 32.9 Å². The smallest absolute Gasteiger partial charge is 0.312 e. The molecule has 9 heteroatoms. The molecule has 2 heterocycles. The number of nitro groups is 1. The zero-order chi connectivity index (χ0) is 17.4. The van der Waals surface area contributed by atoms with Crippen molar-refractivity contribution in [3.63, 3.8) is 0 Å². The molecule has 0 radical (unpaired) electrons. The minimum Gasteiger partial charge on any atom is -0.454 e. The van der Waals surface area contributed by atoms with E-state index in [0.29, 0.717) is 22.9 Å². The summed E-state index contributed by atoms with van der Waals surface area (Å²) in [7, 11) is 0. The number of aromatic nitrogens is 2. The summed E-state index contributed by atoms with van der Waals surface area (Å²) in [6.07, 6.45) is 0. The molecule has 1 aromatic heterocycles. The summed E-state index contributed by atoms with van der Waals surface area (Å²) in [4.78, 5) is 23.0. The van der Waals surface area contributed by atoms with Gasteiger partial charge < -0.3 is 14.8 Å². The Morgan fingerprint density at radius 1 is 1.38 bits per heavy atom. The van der Waals surface area contributed by atoms with Crippen LogP contribution < -0.4 is 14.8 Å². The Balaban J connectivity index is 1.80. The van der Waals surface area contributed by atoms with Gasteiger partial charge in [0.15, 0.2) is 11.5 Å². The Bertz CT molecular complexity index is 830. The lowest BCUT2D eigenvalue weighted by molar-refractivity contribution is -0.386. The molecule has 0 spiro atoms. The van der Waals surface area contributed by atoms with Gasteiger partial charge in [-0.25, -0.2) is 0 Å². The Morgan fingerprint density at radius 2 is 2.08 bits per heavy atom. The number of rotatable bonds is 4. The van der Waals surface area contributed by atoms with Crippen LogP contribution >= 0.6 is 0 Å². The number of carbonyl (C=O) groups is 1. The Labute approximate surface area is 137 Å². The number of hydrogen-bond acceptors (Lipinski definition) is 6. The van der Waals surface area contributed by atoms with Crippen molar-refractivity contribution in [2.24, 2.45) is 0 Å². The summed E-state index contributed by atoms with van der Waals surface area (Å²) in [5.74, 6) is 0.840. The maximum Gasteiger partial charge on any atom is 0.312 e. The highest BCUT2D eigenvalue weighted by Crippen LogP contribution is 2.34. The van der Waals surface area contributed by atoms with E-state index in [1.807, 2.05) is 0 Å². The molecule has 1 aliphatic rings. The molecular weight excluding hydrogens is 316 g/mol. The molecule has 3 rings (SSSR count).